The van der Waals surface area contributed by atoms with Gasteiger partial charge in [-0.3, -0.25) is 15.0 Å². The monoisotopic (exact) mass is 666 g/mol. The molecule has 242 valence electrons. The molecule has 0 spiro atoms. The van der Waals surface area contributed by atoms with Crippen LogP contribution in [0.25, 0.3) is 105 Å². The van der Waals surface area contributed by atoms with Crippen molar-refractivity contribution in [1.82, 2.24) is 28.7 Å². The average Bonchev–Trinajstić information content (AvgIpc) is 3.94. The smallest absolute Gasteiger partial charge is 0.153 e. The van der Waals surface area contributed by atoms with Crippen molar-refractivity contribution in [3.8, 4) is 17.1 Å². The minimum atomic E-state index is 0.780. The molecule has 0 aliphatic heterocycles. The lowest BCUT2D eigenvalue weighted by Gasteiger charge is -2.11. The predicted molar refractivity (Wildman–Crippen MR) is 210 cm³/mol. The second-order valence-corrected chi connectivity index (χ2v) is 13.3. The molecule has 0 N–H and O–H groups in total. The molecule has 7 heterocycles. The Kier molecular flexibility index (Phi) is 5.38. The molecule has 0 bridgehead atoms. The highest BCUT2D eigenvalue weighted by molar-refractivity contribution is 6.30. The molecule has 7 nitrogen and oxygen atoms in total. The summed E-state index contributed by atoms with van der Waals surface area (Å²) in [4.78, 5) is 14.8. The highest BCUT2D eigenvalue weighted by atomic mass is 16.3. The van der Waals surface area contributed by atoms with Crippen LogP contribution in [0.2, 0.25) is 0 Å². The number of para-hydroxylation sites is 2. The first-order valence-corrected chi connectivity index (χ1v) is 17.4. The maximum Gasteiger partial charge on any atom is 0.153 e. The second-order valence-electron chi connectivity index (χ2n) is 13.3. The standard InChI is InChI=1S/C45H26N6O/c1-3-10-27(11-4-1)49-33-20-18-30-31-19-21-34-40(45(31)51(28-12-5-2-6-13-28)44(30)39(33)42-35(49)14-7-23-47-42)43-36(15-8-24-48-43)50(34)29-17-22-37-32(26-29)41-38(52-37)16-9-25-46-41/h1-26H. The third-order valence-corrected chi connectivity index (χ3v) is 10.6. The van der Waals surface area contributed by atoms with Crippen LogP contribution < -0.4 is 0 Å². The third kappa shape index (κ3) is 3.56. The molecule has 0 atom stereocenters. The number of fused-ring (bicyclic) bond motifs is 14. The van der Waals surface area contributed by atoms with Crippen molar-refractivity contribution in [2.24, 2.45) is 0 Å². The van der Waals surface area contributed by atoms with E-state index >= 15 is 0 Å². The van der Waals surface area contributed by atoms with Gasteiger partial charge in [0.05, 0.1) is 54.9 Å². The zero-order chi connectivity index (χ0) is 33.9. The Morgan fingerprint density at radius 1 is 0.365 bits per heavy atom. The minimum Gasteiger partial charge on any atom is -0.454 e. The fourth-order valence-electron chi connectivity index (χ4n) is 8.50. The lowest BCUT2D eigenvalue weighted by Crippen LogP contribution is -1.96. The van der Waals surface area contributed by atoms with Crippen molar-refractivity contribution in [2.45, 2.75) is 0 Å². The molecular weight excluding hydrogens is 641 g/mol. The zero-order valence-electron chi connectivity index (χ0n) is 27.6. The molecule has 12 rings (SSSR count). The van der Waals surface area contributed by atoms with Crippen LogP contribution in [0.1, 0.15) is 0 Å². The van der Waals surface area contributed by atoms with Gasteiger partial charge in [-0.2, -0.15) is 0 Å². The third-order valence-electron chi connectivity index (χ3n) is 10.6. The quantitative estimate of drug-likeness (QED) is 0.188. The predicted octanol–water partition coefficient (Wildman–Crippen LogP) is 11.1. The van der Waals surface area contributed by atoms with Crippen molar-refractivity contribution >= 4 is 87.7 Å². The Balaban J connectivity index is 1.28. The summed E-state index contributed by atoms with van der Waals surface area (Å²) in [5.74, 6) is 0. The summed E-state index contributed by atoms with van der Waals surface area (Å²) < 4.78 is 13.2. The van der Waals surface area contributed by atoms with Crippen molar-refractivity contribution in [3.05, 3.63) is 158 Å². The Morgan fingerprint density at radius 2 is 0.904 bits per heavy atom. The molecule has 52 heavy (non-hydrogen) atoms. The molecule has 7 aromatic heterocycles. The fourth-order valence-corrected chi connectivity index (χ4v) is 8.50. The first-order valence-electron chi connectivity index (χ1n) is 17.4. The van der Waals surface area contributed by atoms with E-state index in [0.717, 1.165) is 99.4 Å². The van der Waals surface area contributed by atoms with Crippen LogP contribution in [0.3, 0.4) is 0 Å². The van der Waals surface area contributed by atoms with Crippen LogP contribution in [-0.4, -0.2) is 28.7 Å². The van der Waals surface area contributed by atoms with Gasteiger partial charge in [-0.15, -0.1) is 0 Å². The normalized spacial score (nSPS) is 12.2. The molecule has 0 saturated heterocycles. The number of furan rings is 1. The fraction of sp³-hybridized carbons (Fsp3) is 0. The first kappa shape index (κ1) is 27.6. The second kappa shape index (κ2) is 10.2. The lowest BCUT2D eigenvalue weighted by molar-refractivity contribution is 0.668. The Labute approximate surface area is 295 Å². The minimum absolute atomic E-state index is 0.780. The Hall–Kier alpha value is -7.25. The summed E-state index contributed by atoms with van der Waals surface area (Å²) in [5, 5.41) is 5.52. The first-order chi connectivity index (χ1) is 25.8. The molecule has 0 aliphatic rings. The van der Waals surface area contributed by atoms with Crippen LogP contribution in [0.15, 0.2) is 163 Å². The van der Waals surface area contributed by atoms with Gasteiger partial charge in [0.2, 0.25) is 0 Å². The maximum absolute atomic E-state index is 6.16. The summed E-state index contributed by atoms with van der Waals surface area (Å²) in [6.45, 7) is 0. The number of benzene rings is 5. The molecule has 5 aromatic carbocycles. The van der Waals surface area contributed by atoms with E-state index in [-0.39, 0.29) is 0 Å². The summed E-state index contributed by atoms with van der Waals surface area (Å²) >= 11 is 0. The Morgan fingerprint density at radius 3 is 1.52 bits per heavy atom. The molecule has 0 unspecified atom stereocenters. The molecule has 12 aromatic rings. The van der Waals surface area contributed by atoms with Crippen molar-refractivity contribution in [1.29, 1.82) is 0 Å². The molecule has 0 amide bonds. The molecule has 0 fully saturated rings. The number of rotatable bonds is 3. The molecule has 7 heteroatoms. The van der Waals surface area contributed by atoms with Gasteiger partial charge in [0.25, 0.3) is 0 Å². The SMILES string of the molecule is c1ccc(-n2c3cccnc3c3c2ccc2c4ccc5c(c6ncccc6n5-c5ccc6oc7cccnc7c6c5)c4n(-c4ccccc4)c23)cc1. The van der Waals surface area contributed by atoms with Gasteiger partial charge in [0, 0.05) is 51.8 Å². The zero-order valence-corrected chi connectivity index (χ0v) is 27.6. The number of hydrogen-bond donors (Lipinski definition) is 0. The van der Waals surface area contributed by atoms with Crippen LogP contribution in [0, 0.1) is 0 Å². The largest absolute Gasteiger partial charge is 0.454 e. The van der Waals surface area contributed by atoms with Gasteiger partial charge in [-0.05, 0) is 91.0 Å². The van der Waals surface area contributed by atoms with Crippen molar-refractivity contribution in [2.75, 3.05) is 0 Å². The van der Waals surface area contributed by atoms with Gasteiger partial charge in [0.15, 0.2) is 5.58 Å². The number of aromatic nitrogens is 6. The van der Waals surface area contributed by atoms with E-state index in [4.69, 9.17) is 14.4 Å². The number of hydrogen-bond acceptors (Lipinski definition) is 4. The van der Waals surface area contributed by atoms with Crippen LogP contribution in [0.4, 0.5) is 0 Å². The topological polar surface area (TPSA) is 66.6 Å². The van der Waals surface area contributed by atoms with Gasteiger partial charge < -0.3 is 18.1 Å². The summed E-state index contributed by atoms with van der Waals surface area (Å²) in [6.07, 6.45) is 5.61. The maximum atomic E-state index is 6.16. The van der Waals surface area contributed by atoms with Gasteiger partial charge >= 0.3 is 0 Å². The van der Waals surface area contributed by atoms with Crippen molar-refractivity contribution in [3.63, 3.8) is 0 Å². The molecule has 0 saturated carbocycles. The van der Waals surface area contributed by atoms with E-state index < -0.39 is 0 Å². The van der Waals surface area contributed by atoms with E-state index in [0.29, 0.717) is 0 Å². The van der Waals surface area contributed by atoms with Gasteiger partial charge in [-0.25, -0.2) is 0 Å². The number of pyridine rings is 3. The van der Waals surface area contributed by atoms with Gasteiger partial charge in [0.1, 0.15) is 11.1 Å². The summed E-state index contributed by atoms with van der Waals surface area (Å²) in [5.41, 5.74) is 14.1. The molecule has 0 aliphatic carbocycles. The molecular formula is C45H26N6O. The lowest BCUT2D eigenvalue weighted by atomic mass is 10.1. The van der Waals surface area contributed by atoms with E-state index in [2.05, 4.69) is 128 Å². The van der Waals surface area contributed by atoms with E-state index in [9.17, 15) is 0 Å². The van der Waals surface area contributed by atoms with E-state index in [1.807, 2.05) is 48.9 Å². The Bertz CT molecular complexity index is 3410. The van der Waals surface area contributed by atoms with Crippen LogP contribution >= 0.6 is 0 Å². The summed E-state index contributed by atoms with van der Waals surface area (Å²) in [6, 6.07) is 48.9. The van der Waals surface area contributed by atoms with Crippen molar-refractivity contribution < 1.29 is 4.42 Å². The van der Waals surface area contributed by atoms with E-state index in [1.165, 1.54) is 5.39 Å². The molecule has 0 radical (unpaired) electrons. The highest BCUT2D eigenvalue weighted by Crippen LogP contribution is 2.45. The highest BCUT2D eigenvalue weighted by Gasteiger charge is 2.25. The van der Waals surface area contributed by atoms with Crippen LogP contribution in [0.5, 0.6) is 0 Å². The van der Waals surface area contributed by atoms with Crippen LogP contribution in [-0.2, 0) is 0 Å². The number of nitrogens with zero attached hydrogens (tertiary/aromatic N) is 6. The van der Waals surface area contributed by atoms with Gasteiger partial charge in [-0.1, -0.05) is 48.5 Å². The summed E-state index contributed by atoms with van der Waals surface area (Å²) in [7, 11) is 0. The average molecular weight is 667 g/mol. The van der Waals surface area contributed by atoms with E-state index in [1.54, 1.807) is 0 Å².